The standard InChI is InChI=1S/C20H24N2O6/c1-12(17(23)21-15-4-2-3-5-16(15)22(26)27)28-18(24)19-7-13-6-14(8-19)10-20(25,9-13)11-19/h2-5,12-14,25H,6-11H2,1H3,(H,21,23)/t12-,13-,14+,19?,20?/m0/s1. The highest BCUT2D eigenvalue weighted by molar-refractivity contribution is 5.97. The van der Waals surface area contributed by atoms with Crippen LogP contribution in [0.4, 0.5) is 11.4 Å². The topological polar surface area (TPSA) is 119 Å². The zero-order valence-corrected chi connectivity index (χ0v) is 15.7. The Kier molecular flexibility index (Phi) is 4.41. The molecule has 4 bridgehead atoms. The van der Waals surface area contributed by atoms with Gasteiger partial charge in [-0.25, -0.2) is 0 Å². The molecule has 0 aromatic heterocycles. The number of carbonyl (C=O) groups excluding carboxylic acids is 2. The van der Waals surface area contributed by atoms with Gasteiger partial charge in [-0.1, -0.05) is 12.1 Å². The number of amides is 1. The van der Waals surface area contributed by atoms with E-state index in [9.17, 15) is 24.8 Å². The number of nitro benzene ring substituents is 1. The molecule has 8 nitrogen and oxygen atoms in total. The molecular weight excluding hydrogens is 364 g/mol. The molecule has 0 spiro atoms. The van der Waals surface area contributed by atoms with Gasteiger partial charge < -0.3 is 15.2 Å². The Labute approximate surface area is 162 Å². The summed E-state index contributed by atoms with van der Waals surface area (Å²) < 4.78 is 5.48. The summed E-state index contributed by atoms with van der Waals surface area (Å²) in [4.78, 5) is 35.9. The molecule has 0 radical (unpaired) electrons. The van der Waals surface area contributed by atoms with E-state index in [-0.39, 0.29) is 11.4 Å². The van der Waals surface area contributed by atoms with Crippen molar-refractivity contribution in [1.29, 1.82) is 0 Å². The second-order valence-corrected chi connectivity index (χ2v) is 8.78. The highest BCUT2D eigenvalue weighted by Crippen LogP contribution is 2.62. The summed E-state index contributed by atoms with van der Waals surface area (Å²) in [7, 11) is 0. The summed E-state index contributed by atoms with van der Waals surface area (Å²) in [6, 6.07) is 5.81. The van der Waals surface area contributed by atoms with Crippen molar-refractivity contribution >= 4 is 23.3 Å². The minimum absolute atomic E-state index is 0.0597. The Balaban J connectivity index is 1.44. The first-order valence-electron chi connectivity index (χ1n) is 9.67. The summed E-state index contributed by atoms with van der Waals surface area (Å²) in [5, 5.41) is 24.3. The van der Waals surface area contributed by atoms with Crippen molar-refractivity contribution in [2.45, 2.75) is 57.2 Å². The van der Waals surface area contributed by atoms with Gasteiger partial charge in [0.25, 0.3) is 11.6 Å². The number of ether oxygens (including phenoxy) is 1. The number of hydrogen-bond acceptors (Lipinski definition) is 6. The van der Waals surface area contributed by atoms with Crippen LogP contribution in [-0.2, 0) is 14.3 Å². The normalized spacial score (nSPS) is 33.9. The third kappa shape index (κ3) is 3.26. The van der Waals surface area contributed by atoms with Gasteiger partial charge in [-0.2, -0.15) is 0 Å². The van der Waals surface area contributed by atoms with E-state index in [0.29, 0.717) is 31.1 Å². The molecule has 0 aliphatic heterocycles. The number of esters is 1. The summed E-state index contributed by atoms with van der Waals surface area (Å²) in [5.74, 6) is -0.402. The third-order valence-corrected chi connectivity index (χ3v) is 6.47. The Hall–Kier alpha value is -2.48. The van der Waals surface area contributed by atoms with E-state index in [0.717, 1.165) is 19.3 Å². The van der Waals surface area contributed by atoms with Crippen LogP contribution in [0.2, 0.25) is 0 Å². The van der Waals surface area contributed by atoms with E-state index in [2.05, 4.69) is 5.32 Å². The lowest BCUT2D eigenvalue weighted by molar-refractivity contribution is -0.383. The first kappa shape index (κ1) is 18.9. The lowest BCUT2D eigenvalue weighted by atomic mass is 9.48. The highest BCUT2D eigenvalue weighted by Gasteiger charge is 2.61. The Morgan fingerprint density at radius 1 is 1.25 bits per heavy atom. The fourth-order valence-corrected chi connectivity index (χ4v) is 5.76. The molecule has 0 heterocycles. The van der Waals surface area contributed by atoms with Crippen molar-refractivity contribution in [3.8, 4) is 0 Å². The molecule has 150 valence electrons. The molecule has 2 unspecified atom stereocenters. The van der Waals surface area contributed by atoms with E-state index >= 15 is 0 Å². The van der Waals surface area contributed by atoms with Gasteiger partial charge in [0.15, 0.2) is 6.10 Å². The summed E-state index contributed by atoms with van der Waals surface area (Å²) in [5.41, 5.74) is -1.67. The molecule has 4 aliphatic carbocycles. The van der Waals surface area contributed by atoms with Crippen LogP contribution >= 0.6 is 0 Å². The van der Waals surface area contributed by atoms with E-state index in [1.165, 1.54) is 25.1 Å². The molecule has 4 saturated carbocycles. The summed E-state index contributed by atoms with van der Waals surface area (Å²) in [6.07, 6.45) is 3.23. The highest BCUT2D eigenvalue weighted by atomic mass is 16.6. The Morgan fingerprint density at radius 3 is 2.50 bits per heavy atom. The SMILES string of the molecule is C[C@H](OC(=O)C12C[C@@H]3C[C@@H](CC(O)(C3)C1)C2)C(=O)Nc1ccccc1[N+](=O)[O-]. The Bertz CT molecular complexity index is 824. The molecule has 0 saturated heterocycles. The number of carbonyl (C=O) groups is 2. The molecular formula is C20H24N2O6. The zero-order valence-electron chi connectivity index (χ0n) is 15.7. The molecule has 1 aromatic carbocycles. The van der Waals surface area contributed by atoms with E-state index in [1.807, 2.05) is 0 Å². The number of nitro groups is 1. The molecule has 28 heavy (non-hydrogen) atoms. The maximum absolute atomic E-state index is 13.0. The van der Waals surface area contributed by atoms with Crippen LogP contribution in [-0.4, -0.2) is 33.6 Å². The first-order chi connectivity index (χ1) is 13.2. The van der Waals surface area contributed by atoms with Crippen molar-refractivity contribution in [3.05, 3.63) is 34.4 Å². The quantitative estimate of drug-likeness (QED) is 0.455. The van der Waals surface area contributed by atoms with Crippen molar-refractivity contribution in [1.82, 2.24) is 0 Å². The van der Waals surface area contributed by atoms with Gasteiger partial charge in [-0.15, -0.1) is 0 Å². The monoisotopic (exact) mass is 388 g/mol. The molecule has 5 rings (SSSR count). The third-order valence-electron chi connectivity index (χ3n) is 6.47. The minimum atomic E-state index is -1.09. The molecule has 1 amide bonds. The molecule has 4 fully saturated rings. The minimum Gasteiger partial charge on any atom is -0.452 e. The number of rotatable bonds is 5. The van der Waals surface area contributed by atoms with Crippen molar-refractivity contribution in [3.63, 3.8) is 0 Å². The lowest BCUT2D eigenvalue weighted by Gasteiger charge is -2.58. The zero-order chi connectivity index (χ0) is 20.1. The van der Waals surface area contributed by atoms with Crippen LogP contribution in [0.3, 0.4) is 0 Å². The van der Waals surface area contributed by atoms with Crippen LogP contribution in [0.15, 0.2) is 24.3 Å². The summed E-state index contributed by atoms with van der Waals surface area (Å²) >= 11 is 0. The van der Waals surface area contributed by atoms with Gasteiger partial charge in [0, 0.05) is 6.07 Å². The number of benzene rings is 1. The maximum Gasteiger partial charge on any atom is 0.312 e. The predicted molar refractivity (Wildman–Crippen MR) is 99.3 cm³/mol. The van der Waals surface area contributed by atoms with Gasteiger partial charge >= 0.3 is 5.97 Å². The van der Waals surface area contributed by atoms with Crippen molar-refractivity contribution in [2.24, 2.45) is 17.3 Å². The van der Waals surface area contributed by atoms with Crippen LogP contribution in [0.25, 0.3) is 0 Å². The molecule has 4 aliphatic rings. The van der Waals surface area contributed by atoms with Crippen LogP contribution in [0.1, 0.15) is 45.4 Å². The second-order valence-electron chi connectivity index (χ2n) is 8.78. The van der Waals surface area contributed by atoms with Crippen molar-refractivity contribution in [2.75, 3.05) is 5.32 Å². The molecule has 8 heteroatoms. The maximum atomic E-state index is 13.0. The molecule has 2 N–H and O–H groups in total. The largest absolute Gasteiger partial charge is 0.452 e. The van der Waals surface area contributed by atoms with E-state index in [1.54, 1.807) is 6.07 Å². The van der Waals surface area contributed by atoms with Gasteiger partial charge in [0.1, 0.15) is 5.69 Å². The summed E-state index contributed by atoms with van der Waals surface area (Å²) in [6.45, 7) is 1.46. The average Bonchev–Trinajstić information content (AvgIpc) is 2.59. The fraction of sp³-hybridized carbons (Fsp3) is 0.600. The van der Waals surface area contributed by atoms with Gasteiger partial charge in [-0.3, -0.25) is 19.7 Å². The predicted octanol–water partition coefficient (Wildman–Crippen LogP) is 2.80. The number of hydrogen-bond donors (Lipinski definition) is 2. The molecule has 1 aromatic rings. The van der Waals surface area contributed by atoms with E-state index < -0.39 is 33.9 Å². The van der Waals surface area contributed by atoms with E-state index in [4.69, 9.17) is 4.74 Å². The van der Waals surface area contributed by atoms with Crippen molar-refractivity contribution < 1.29 is 24.4 Å². The Morgan fingerprint density at radius 2 is 1.89 bits per heavy atom. The first-order valence-corrected chi connectivity index (χ1v) is 9.67. The average molecular weight is 388 g/mol. The lowest BCUT2D eigenvalue weighted by Crippen LogP contribution is -2.59. The number of para-hydroxylation sites is 2. The van der Waals surface area contributed by atoms with Crippen LogP contribution in [0, 0.1) is 27.4 Å². The second kappa shape index (κ2) is 6.55. The fourth-order valence-electron chi connectivity index (χ4n) is 5.76. The smallest absolute Gasteiger partial charge is 0.312 e. The number of aliphatic hydroxyl groups is 1. The van der Waals surface area contributed by atoms with Crippen LogP contribution in [0.5, 0.6) is 0 Å². The van der Waals surface area contributed by atoms with Gasteiger partial charge in [0.2, 0.25) is 0 Å². The number of nitrogens with zero attached hydrogens (tertiary/aromatic N) is 1. The molecule has 5 atom stereocenters. The van der Waals surface area contributed by atoms with Gasteiger partial charge in [0.05, 0.1) is 15.9 Å². The number of nitrogens with one attached hydrogen (secondary N) is 1. The van der Waals surface area contributed by atoms with Crippen LogP contribution < -0.4 is 5.32 Å². The number of anilines is 1. The van der Waals surface area contributed by atoms with Gasteiger partial charge in [-0.05, 0) is 63.4 Å².